The molecule has 1 aromatic carbocycles. The van der Waals surface area contributed by atoms with Gasteiger partial charge in [0.05, 0.1) is 5.69 Å². The van der Waals surface area contributed by atoms with E-state index in [0.717, 1.165) is 11.4 Å². The molecule has 0 saturated heterocycles. The minimum atomic E-state index is 0.476. The van der Waals surface area contributed by atoms with E-state index in [9.17, 15) is 0 Å². The molecule has 0 unspecified atom stereocenters. The van der Waals surface area contributed by atoms with Gasteiger partial charge in [-0.15, -0.1) is 9.90 Å². The monoisotopic (exact) mass is 174 g/mol. The Balaban J connectivity index is 2.48. The minimum Gasteiger partial charge on any atom is -0.381 e. The molecule has 4 heteroatoms. The van der Waals surface area contributed by atoms with Gasteiger partial charge in [-0.1, -0.05) is 18.2 Å². The number of hydrogen-bond acceptors (Lipinski definition) is 3. The van der Waals surface area contributed by atoms with E-state index in [4.69, 9.17) is 5.73 Å². The van der Waals surface area contributed by atoms with Gasteiger partial charge in [0.1, 0.15) is 5.69 Å². The summed E-state index contributed by atoms with van der Waals surface area (Å²) in [6.45, 7) is 1.84. The van der Waals surface area contributed by atoms with Gasteiger partial charge in [-0.05, 0) is 19.1 Å². The van der Waals surface area contributed by atoms with Crippen LogP contribution in [0.5, 0.6) is 0 Å². The molecular formula is C9H10N4. The molecule has 13 heavy (non-hydrogen) atoms. The van der Waals surface area contributed by atoms with Gasteiger partial charge in [0.2, 0.25) is 0 Å². The lowest BCUT2D eigenvalue weighted by Crippen LogP contribution is -1.98. The van der Waals surface area contributed by atoms with Crippen LogP contribution in [0.15, 0.2) is 30.3 Å². The number of rotatable bonds is 1. The number of nitrogens with two attached hydrogens (primary N) is 1. The lowest BCUT2D eigenvalue weighted by Gasteiger charge is -1.96. The van der Waals surface area contributed by atoms with Crippen LogP contribution in [0.1, 0.15) is 5.69 Å². The van der Waals surface area contributed by atoms with E-state index in [1.165, 1.54) is 4.80 Å². The highest BCUT2D eigenvalue weighted by Crippen LogP contribution is 2.08. The van der Waals surface area contributed by atoms with Crippen molar-refractivity contribution in [3.8, 4) is 5.69 Å². The van der Waals surface area contributed by atoms with E-state index in [1.807, 2.05) is 37.3 Å². The number of hydrogen-bond donors (Lipinski definition) is 1. The number of nitrogens with zero attached hydrogens (tertiary/aromatic N) is 3. The van der Waals surface area contributed by atoms with Gasteiger partial charge in [0.25, 0.3) is 0 Å². The second-order valence-electron chi connectivity index (χ2n) is 2.80. The third-order valence-electron chi connectivity index (χ3n) is 1.81. The smallest absolute Gasteiger partial charge is 0.169 e. The Morgan fingerprint density at radius 2 is 1.85 bits per heavy atom. The predicted molar refractivity (Wildman–Crippen MR) is 50.5 cm³/mol. The Morgan fingerprint density at radius 1 is 1.15 bits per heavy atom. The third-order valence-corrected chi connectivity index (χ3v) is 1.81. The molecule has 0 amide bonds. The minimum absolute atomic E-state index is 0.476. The summed E-state index contributed by atoms with van der Waals surface area (Å²) in [7, 11) is 0. The standard InChI is InChI=1S/C9H10N4/c1-7-9(10)12-13(11-7)8-5-3-2-4-6-8/h2-6H,1H3,(H2,10,12). The average Bonchev–Trinajstić information content (AvgIpc) is 2.49. The van der Waals surface area contributed by atoms with E-state index in [0.29, 0.717) is 5.82 Å². The zero-order valence-corrected chi connectivity index (χ0v) is 7.31. The van der Waals surface area contributed by atoms with Gasteiger partial charge in [-0.2, -0.15) is 5.10 Å². The maximum atomic E-state index is 5.58. The van der Waals surface area contributed by atoms with Crippen molar-refractivity contribution >= 4 is 5.82 Å². The molecule has 0 atom stereocenters. The lowest BCUT2D eigenvalue weighted by atomic mass is 10.3. The zero-order valence-electron chi connectivity index (χ0n) is 7.31. The summed E-state index contributed by atoms with van der Waals surface area (Å²) in [4.78, 5) is 1.53. The SMILES string of the molecule is Cc1nn(-c2ccccc2)nc1N. The van der Waals surface area contributed by atoms with Gasteiger partial charge in [0.15, 0.2) is 5.82 Å². The molecule has 0 fully saturated rings. The second-order valence-corrected chi connectivity index (χ2v) is 2.80. The van der Waals surface area contributed by atoms with E-state index >= 15 is 0 Å². The molecule has 0 aliphatic carbocycles. The van der Waals surface area contributed by atoms with Crippen molar-refractivity contribution in [1.82, 2.24) is 15.0 Å². The summed E-state index contributed by atoms with van der Waals surface area (Å²) in [6.07, 6.45) is 0. The summed E-state index contributed by atoms with van der Waals surface area (Å²) in [6, 6.07) is 9.68. The van der Waals surface area contributed by atoms with Crippen molar-refractivity contribution in [3.63, 3.8) is 0 Å². The first-order valence-electron chi connectivity index (χ1n) is 4.02. The molecule has 2 N–H and O–H groups in total. The molecule has 2 rings (SSSR count). The molecule has 0 radical (unpaired) electrons. The third kappa shape index (κ3) is 1.38. The molecule has 0 spiro atoms. The molecule has 4 nitrogen and oxygen atoms in total. The first kappa shape index (κ1) is 7.79. The maximum absolute atomic E-state index is 5.58. The van der Waals surface area contributed by atoms with Gasteiger partial charge in [0, 0.05) is 0 Å². The van der Waals surface area contributed by atoms with Crippen molar-refractivity contribution < 1.29 is 0 Å². The van der Waals surface area contributed by atoms with Crippen molar-refractivity contribution in [1.29, 1.82) is 0 Å². The number of aromatic nitrogens is 3. The van der Waals surface area contributed by atoms with Crippen LogP contribution in [0.25, 0.3) is 5.69 Å². The quantitative estimate of drug-likeness (QED) is 0.705. The van der Waals surface area contributed by atoms with E-state index in [2.05, 4.69) is 10.2 Å². The summed E-state index contributed by atoms with van der Waals surface area (Å²) in [5.41, 5.74) is 7.26. The van der Waals surface area contributed by atoms with Crippen LogP contribution >= 0.6 is 0 Å². The predicted octanol–water partition coefficient (Wildman–Crippen LogP) is 1.16. The summed E-state index contributed by atoms with van der Waals surface area (Å²) < 4.78 is 0. The molecule has 2 aromatic rings. The number of anilines is 1. The van der Waals surface area contributed by atoms with Gasteiger partial charge in [-0.25, -0.2) is 0 Å². The summed E-state index contributed by atoms with van der Waals surface area (Å²) in [5.74, 6) is 0.476. The summed E-state index contributed by atoms with van der Waals surface area (Å²) >= 11 is 0. The van der Waals surface area contributed by atoms with Crippen molar-refractivity contribution in [2.24, 2.45) is 0 Å². The molecule has 0 aliphatic heterocycles. The zero-order chi connectivity index (χ0) is 9.26. The van der Waals surface area contributed by atoms with E-state index < -0.39 is 0 Å². The molecule has 0 bridgehead atoms. The fourth-order valence-electron chi connectivity index (χ4n) is 1.07. The number of para-hydroxylation sites is 1. The normalized spacial score (nSPS) is 10.2. The van der Waals surface area contributed by atoms with Crippen LogP contribution in [0.3, 0.4) is 0 Å². The summed E-state index contributed by atoms with van der Waals surface area (Å²) in [5, 5.41) is 8.22. The van der Waals surface area contributed by atoms with E-state index in [1.54, 1.807) is 0 Å². The van der Waals surface area contributed by atoms with E-state index in [-0.39, 0.29) is 0 Å². The molecule has 0 saturated carbocycles. The Hall–Kier alpha value is -1.84. The molecular weight excluding hydrogens is 164 g/mol. The maximum Gasteiger partial charge on any atom is 0.169 e. The first-order valence-corrected chi connectivity index (χ1v) is 4.02. The van der Waals surface area contributed by atoms with Crippen molar-refractivity contribution in [2.75, 3.05) is 5.73 Å². The van der Waals surface area contributed by atoms with Crippen LogP contribution < -0.4 is 5.73 Å². The van der Waals surface area contributed by atoms with Crippen LogP contribution in [0.2, 0.25) is 0 Å². The largest absolute Gasteiger partial charge is 0.381 e. The molecule has 1 aromatic heterocycles. The molecule has 66 valence electrons. The van der Waals surface area contributed by atoms with Crippen molar-refractivity contribution in [2.45, 2.75) is 6.92 Å². The number of benzene rings is 1. The number of nitrogen functional groups attached to an aromatic ring is 1. The van der Waals surface area contributed by atoms with Crippen molar-refractivity contribution in [3.05, 3.63) is 36.0 Å². The lowest BCUT2D eigenvalue weighted by molar-refractivity contribution is 0.747. The Labute approximate surface area is 76.0 Å². The Morgan fingerprint density at radius 3 is 2.38 bits per heavy atom. The molecule has 1 heterocycles. The fraction of sp³-hybridized carbons (Fsp3) is 0.111. The first-order chi connectivity index (χ1) is 6.27. The average molecular weight is 174 g/mol. The number of aryl methyl sites for hydroxylation is 1. The Kier molecular flexibility index (Phi) is 1.73. The highest BCUT2D eigenvalue weighted by atomic mass is 15.5. The van der Waals surface area contributed by atoms with Crippen LogP contribution in [-0.2, 0) is 0 Å². The Bertz CT molecular complexity index is 385. The van der Waals surface area contributed by atoms with Gasteiger partial charge in [-0.3, -0.25) is 0 Å². The highest BCUT2D eigenvalue weighted by molar-refractivity contribution is 5.35. The second kappa shape index (κ2) is 2.90. The van der Waals surface area contributed by atoms with Crippen LogP contribution in [0.4, 0.5) is 5.82 Å². The fourth-order valence-corrected chi connectivity index (χ4v) is 1.07. The highest BCUT2D eigenvalue weighted by Gasteiger charge is 2.02. The topological polar surface area (TPSA) is 56.7 Å². The van der Waals surface area contributed by atoms with Gasteiger partial charge >= 0.3 is 0 Å². The van der Waals surface area contributed by atoms with Crippen LogP contribution in [-0.4, -0.2) is 15.0 Å². The van der Waals surface area contributed by atoms with Gasteiger partial charge < -0.3 is 5.73 Å². The molecule has 0 aliphatic rings. The van der Waals surface area contributed by atoms with Crippen LogP contribution in [0, 0.1) is 6.92 Å².